The van der Waals surface area contributed by atoms with Gasteiger partial charge in [-0.15, -0.1) is 5.10 Å². The van der Waals surface area contributed by atoms with Crippen LogP contribution in [0.1, 0.15) is 16.3 Å². The first-order valence-electron chi connectivity index (χ1n) is 6.05. The highest BCUT2D eigenvalue weighted by molar-refractivity contribution is 5.91. The Bertz CT molecular complexity index is 799. The van der Waals surface area contributed by atoms with Crippen molar-refractivity contribution >= 4 is 5.97 Å². The number of carbonyl (C=O) groups is 1. The Morgan fingerprint density at radius 3 is 2.71 bits per heavy atom. The van der Waals surface area contributed by atoms with Gasteiger partial charge in [-0.25, -0.2) is 19.4 Å². The van der Waals surface area contributed by atoms with Gasteiger partial charge in [0.05, 0.1) is 0 Å². The lowest BCUT2D eigenvalue weighted by Crippen LogP contribution is -2.12. The van der Waals surface area contributed by atoms with E-state index < -0.39 is 5.97 Å². The number of imidazole rings is 1. The maximum Gasteiger partial charge on any atom is 0.358 e. The maximum atomic E-state index is 11.3. The lowest BCUT2D eigenvalue weighted by molar-refractivity contribution is 0.0691. The van der Waals surface area contributed by atoms with Crippen LogP contribution in [0.2, 0.25) is 0 Å². The predicted octanol–water partition coefficient (Wildman–Crippen LogP) is -0.446. The third-order valence-corrected chi connectivity index (χ3v) is 3.07. The molecule has 3 aromatic rings. The van der Waals surface area contributed by atoms with Gasteiger partial charge < -0.3 is 9.67 Å². The van der Waals surface area contributed by atoms with Crippen LogP contribution in [0.4, 0.5) is 0 Å². The summed E-state index contributed by atoms with van der Waals surface area (Å²) >= 11 is 0. The zero-order valence-corrected chi connectivity index (χ0v) is 11.4. The molecule has 3 aromatic heterocycles. The number of aryl methyl sites for hydroxylation is 2. The number of carboxylic acid groups (broad SMARTS) is 1. The molecule has 1 N–H and O–H groups in total. The normalized spacial score (nSPS) is 11.0. The number of aromatic nitrogens is 8. The Morgan fingerprint density at radius 2 is 2.14 bits per heavy atom. The van der Waals surface area contributed by atoms with E-state index >= 15 is 0 Å². The lowest BCUT2D eigenvalue weighted by atomic mass is 10.3. The van der Waals surface area contributed by atoms with Gasteiger partial charge in [-0.3, -0.25) is 4.68 Å². The van der Waals surface area contributed by atoms with Crippen molar-refractivity contribution in [2.45, 2.75) is 6.54 Å². The summed E-state index contributed by atoms with van der Waals surface area (Å²) in [4.78, 5) is 19.6. The number of rotatable bonds is 4. The first-order chi connectivity index (χ1) is 10.1. The summed E-state index contributed by atoms with van der Waals surface area (Å²) in [5.74, 6) is -0.0518. The third-order valence-electron chi connectivity index (χ3n) is 3.07. The summed E-state index contributed by atoms with van der Waals surface area (Å²) < 4.78 is 4.75. The summed E-state index contributed by atoms with van der Waals surface area (Å²) in [6.45, 7) is 0.249. The number of hydrogen-bond acceptors (Lipinski definition) is 6. The van der Waals surface area contributed by atoms with Crippen molar-refractivity contribution in [3.8, 4) is 11.5 Å². The SMILES string of the molecule is Cn1ccnc1-c1c(C(=O)O)nnn1Cc1ncnn1C. The van der Waals surface area contributed by atoms with Gasteiger partial charge in [0.1, 0.15) is 24.4 Å². The highest BCUT2D eigenvalue weighted by Gasteiger charge is 2.24. The number of nitrogens with zero attached hydrogens (tertiary/aromatic N) is 8. The molecule has 0 aliphatic rings. The molecule has 21 heavy (non-hydrogen) atoms. The van der Waals surface area contributed by atoms with Gasteiger partial charge in [0.15, 0.2) is 5.82 Å². The highest BCUT2D eigenvalue weighted by atomic mass is 16.4. The molecule has 0 radical (unpaired) electrons. The number of hydrogen-bond donors (Lipinski definition) is 1. The van der Waals surface area contributed by atoms with Gasteiger partial charge in [0, 0.05) is 26.5 Å². The van der Waals surface area contributed by atoms with E-state index in [1.54, 1.807) is 35.7 Å². The Hall–Kier alpha value is -3.04. The van der Waals surface area contributed by atoms with E-state index in [1.807, 2.05) is 0 Å². The molecular weight excluding hydrogens is 276 g/mol. The van der Waals surface area contributed by atoms with E-state index in [1.165, 1.54) is 11.0 Å². The molecule has 0 atom stereocenters. The van der Waals surface area contributed by atoms with E-state index in [-0.39, 0.29) is 12.2 Å². The Kier molecular flexibility index (Phi) is 2.97. The summed E-state index contributed by atoms with van der Waals surface area (Å²) in [7, 11) is 3.52. The van der Waals surface area contributed by atoms with Crippen LogP contribution in [-0.4, -0.2) is 50.4 Å². The largest absolute Gasteiger partial charge is 0.476 e. The molecule has 3 rings (SSSR count). The standard InChI is InChI=1S/C11H12N8O2/c1-17-4-3-12-10(17)9-8(11(20)21)15-16-19(9)5-7-13-6-14-18(7)2/h3-4,6H,5H2,1-2H3,(H,20,21). The van der Waals surface area contributed by atoms with Gasteiger partial charge in [-0.1, -0.05) is 5.21 Å². The van der Waals surface area contributed by atoms with Crippen molar-refractivity contribution in [2.24, 2.45) is 14.1 Å². The van der Waals surface area contributed by atoms with Crippen molar-refractivity contribution in [2.75, 3.05) is 0 Å². The van der Waals surface area contributed by atoms with Crippen LogP contribution in [0, 0.1) is 0 Å². The smallest absolute Gasteiger partial charge is 0.358 e. The molecule has 0 aliphatic heterocycles. The fraction of sp³-hybridized carbons (Fsp3) is 0.273. The zero-order valence-electron chi connectivity index (χ0n) is 11.4. The molecule has 0 spiro atoms. The molecule has 0 amide bonds. The number of aromatic carboxylic acids is 1. The number of carboxylic acids is 1. The van der Waals surface area contributed by atoms with E-state index in [4.69, 9.17) is 0 Å². The first kappa shape index (κ1) is 13.0. The minimum absolute atomic E-state index is 0.147. The second kappa shape index (κ2) is 4.81. The van der Waals surface area contributed by atoms with Gasteiger partial charge in [-0.05, 0) is 0 Å². The predicted molar refractivity (Wildman–Crippen MR) is 69.3 cm³/mol. The average molecular weight is 288 g/mol. The van der Waals surface area contributed by atoms with Crippen LogP contribution in [0.25, 0.3) is 11.5 Å². The molecule has 10 heteroatoms. The molecule has 0 unspecified atom stereocenters. The highest BCUT2D eigenvalue weighted by Crippen LogP contribution is 2.20. The average Bonchev–Trinajstić information content (AvgIpc) is 3.12. The Balaban J connectivity index is 2.12. The molecule has 0 saturated carbocycles. The maximum absolute atomic E-state index is 11.3. The molecule has 0 bridgehead atoms. The van der Waals surface area contributed by atoms with Crippen molar-refractivity contribution < 1.29 is 9.90 Å². The van der Waals surface area contributed by atoms with Gasteiger partial charge in [0.25, 0.3) is 0 Å². The molecule has 10 nitrogen and oxygen atoms in total. The lowest BCUT2D eigenvalue weighted by Gasteiger charge is -2.06. The van der Waals surface area contributed by atoms with Crippen LogP contribution in [0.5, 0.6) is 0 Å². The topological polar surface area (TPSA) is 117 Å². The van der Waals surface area contributed by atoms with E-state index in [0.29, 0.717) is 17.3 Å². The molecular formula is C11H12N8O2. The zero-order chi connectivity index (χ0) is 15.0. The molecule has 0 fully saturated rings. The van der Waals surface area contributed by atoms with Crippen LogP contribution in [-0.2, 0) is 20.6 Å². The fourth-order valence-electron chi connectivity index (χ4n) is 1.98. The van der Waals surface area contributed by atoms with Gasteiger partial charge in [-0.2, -0.15) is 5.10 Å². The van der Waals surface area contributed by atoms with Crippen LogP contribution < -0.4 is 0 Å². The quantitative estimate of drug-likeness (QED) is 0.691. The van der Waals surface area contributed by atoms with Crippen LogP contribution in [0.15, 0.2) is 18.7 Å². The van der Waals surface area contributed by atoms with Gasteiger partial charge in [0.2, 0.25) is 5.69 Å². The second-order valence-corrected chi connectivity index (χ2v) is 4.41. The van der Waals surface area contributed by atoms with Crippen molar-refractivity contribution in [3.05, 3.63) is 30.2 Å². The fourth-order valence-corrected chi connectivity index (χ4v) is 1.98. The van der Waals surface area contributed by atoms with E-state index in [9.17, 15) is 9.90 Å². The summed E-state index contributed by atoms with van der Waals surface area (Å²) in [5, 5.41) is 20.9. The van der Waals surface area contributed by atoms with Crippen molar-refractivity contribution in [3.63, 3.8) is 0 Å². The summed E-state index contributed by atoms with van der Waals surface area (Å²) in [5.41, 5.74) is 0.185. The summed E-state index contributed by atoms with van der Waals surface area (Å²) in [6.07, 6.45) is 4.73. The van der Waals surface area contributed by atoms with Crippen LogP contribution >= 0.6 is 0 Å². The Labute approximate surface area is 118 Å². The molecule has 0 aliphatic carbocycles. The molecule has 0 aromatic carbocycles. The molecule has 0 saturated heterocycles. The molecule has 108 valence electrons. The van der Waals surface area contributed by atoms with E-state index in [2.05, 4.69) is 25.4 Å². The van der Waals surface area contributed by atoms with Crippen LogP contribution in [0.3, 0.4) is 0 Å². The summed E-state index contributed by atoms with van der Waals surface area (Å²) in [6, 6.07) is 0. The third kappa shape index (κ3) is 2.16. The first-order valence-corrected chi connectivity index (χ1v) is 6.05. The minimum atomic E-state index is -1.16. The van der Waals surface area contributed by atoms with E-state index in [0.717, 1.165) is 0 Å². The Morgan fingerprint density at radius 1 is 1.33 bits per heavy atom. The van der Waals surface area contributed by atoms with Crippen molar-refractivity contribution in [1.29, 1.82) is 0 Å². The minimum Gasteiger partial charge on any atom is -0.476 e. The monoisotopic (exact) mass is 288 g/mol. The van der Waals surface area contributed by atoms with Gasteiger partial charge >= 0.3 is 5.97 Å². The van der Waals surface area contributed by atoms with Crippen molar-refractivity contribution in [1.82, 2.24) is 39.3 Å². The second-order valence-electron chi connectivity index (χ2n) is 4.41. The molecule has 3 heterocycles.